The van der Waals surface area contributed by atoms with Crippen molar-refractivity contribution in [2.24, 2.45) is 0 Å². The van der Waals surface area contributed by atoms with Gasteiger partial charge < -0.3 is 10.1 Å². The summed E-state index contributed by atoms with van der Waals surface area (Å²) in [5.41, 5.74) is 0. The largest absolute Gasteiger partial charge is 0.492 e. The van der Waals surface area contributed by atoms with Crippen molar-refractivity contribution in [1.82, 2.24) is 10.2 Å². The molecule has 5 heteroatoms. The molecular formula is C13H18BrFN2O. The third kappa shape index (κ3) is 3.93. The molecule has 100 valence electrons. The number of nitrogens with zero attached hydrogens (tertiary/aromatic N) is 1. The molecule has 1 aromatic carbocycles. The van der Waals surface area contributed by atoms with E-state index >= 15 is 0 Å². The van der Waals surface area contributed by atoms with Crippen molar-refractivity contribution in [2.45, 2.75) is 13.0 Å². The Hall–Kier alpha value is -0.650. The summed E-state index contributed by atoms with van der Waals surface area (Å²) >= 11 is 3.25. The zero-order valence-electron chi connectivity index (χ0n) is 10.5. The molecule has 0 amide bonds. The molecule has 1 heterocycles. The minimum absolute atomic E-state index is 0.282. The lowest BCUT2D eigenvalue weighted by atomic mass is 10.2. The third-order valence-electron chi connectivity index (χ3n) is 3.12. The zero-order chi connectivity index (χ0) is 13.0. The molecule has 0 spiro atoms. The molecule has 0 bridgehead atoms. The molecule has 2 rings (SSSR count). The Balaban J connectivity index is 1.80. The Morgan fingerprint density at radius 3 is 3.06 bits per heavy atom. The van der Waals surface area contributed by atoms with Crippen LogP contribution < -0.4 is 10.1 Å². The van der Waals surface area contributed by atoms with Gasteiger partial charge in [0.2, 0.25) is 0 Å². The molecule has 1 fully saturated rings. The quantitative estimate of drug-likeness (QED) is 0.922. The molecule has 1 aliphatic rings. The normalized spacial score (nSPS) is 20.9. The van der Waals surface area contributed by atoms with E-state index in [1.165, 1.54) is 12.1 Å². The molecule has 1 aliphatic heterocycles. The fourth-order valence-electron chi connectivity index (χ4n) is 2.11. The summed E-state index contributed by atoms with van der Waals surface area (Å²) < 4.78 is 19.4. The summed E-state index contributed by atoms with van der Waals surface area (Å²) in [5, 5.41) is 3.35. The second kappa shape index (κ2) is 6.50. The van der Waals surface area contributed by atoms with Gasteiger partial charge in [-0.25, -0.2) is 4.39 Å². The molecule has 18 heavy (non-hydrogen) atoms. The van der Waals surface area contributed by atoms with E-state index in [9.17, 15) is 4.39 Å². The monoisotopic (exact) mass is 316 g/mol. The fourth-order valence-corrected chi connectivity index (χ4v) is 2.55. The van der Waals surface area contributed by atoms with Crippen LogP contribution in [0.5, 0.6) is 5.75 Å². The number of hydrogen-bond donors (Lipinski definition) is 1. The van der Waals surface area contributed by atoms with Crippen molar-refractivity contribution in [1.29, 1.82) is 0 Å². The van der Waals surface area contributed by atoms with Crippen LogP contribution in [0.3, 0.4) is 0 Å². The Morgan fingerprint density at radius 2 is 2.33 bits per heavy atom. The van der Waals surface area contributed by atoms with Gasteiger partial charge in [-0.3, -0.25) is 4.90 Å². The van der Waals surface area contributed by atoms with Gasteiger partial charge in [0, 0.05) is 42.8 Å². The molecular weight excluding hydrogens is 299 g/mol. The predicted octanol–water partition coefficient (Wildman–Crippen LogP) is 2.26. The average molecular weight is 317 g/mol. The number of hydrogen-bond acceptors (Lipinski definition) is 3. The molecule has 1 saturated heterocycles. The summed E-state index contributed by atoms with van der Waals surface area (Å²) in [6, 6.07) is 5.14. The summed E-state index contributed by atoms with van der Waals surface area (Å²) in [7, 11) is 0. The molecule has 1 atom stereocenters. The van der Waals surface area contributed by atoms with Crippen molar-refractivity contribution in [3.05, 3.63) is 28.5 Å². The second-order valence-corrected chi connectivity index (χ2v) is 5.46. The number of ether oxygens (including phenoxy) is 1. The lowest BCUT2D eigenvalue weighted by Gasteiger charge is -2.33. The first-order chi connectivity index (χ1) is 8.65. The molecule has 3 nitrogen and oxygen atoms in total. The van der Waals surface area contributed by atoms with Crippen molar-refractivity contribution in [3.63, 3.8) is 0 Å². The van der Waals surface area contributed by atoms with Gasteiger partial charge in [-0.05, 0) is 19.1 Å². The van der Waals surface area contributed by atoms with Gasteiger partial charge in [0.15, 0.2) is 0 Å². The highest BCUT2D eigenvalue weighted by Crippen LogP contribution is 2.20. The first kappa shape index (κ1) is 13.8. The van der Waals surface area contributed by atoms with Crippen LogP contribution in [0.1, 0.15) is 6.92 Å². The highest BCUT2D eigenvalue weighted by atomic mass is 79.9. The maximum Gasteiger partial charge on any atom is 0.128 e. The Kier molecular flexibility index (Phi) is 4.97. The van der Waals surface area contributed by atoms with Gasteiger partial charge in [-0.1, -0.05) is 15.9 Å². The van der Waals surface area contributed by atoms with Crippen LogP contribution in [0.15, 0.2) is 22.7 Å². The number of benzene rings is 1. The minimum Gasteiger partial charge on any atom is -0.492 e. The maximum atomic E-state index is 13.1. The number of nitrogens with one attached hydrogen (secondary N) is 1. The van der Waals surface area contributed by atoms with Crippen LogP contribution in [0.2, 0.25) is 0 Å². The highest BCUT2D eigenvalue weighted by molar-refractivity contribution is 9.10. The van der Waals surface area contributed by atoms with Gasteiger partial charge >= 0.3 is 0 Å². The predicted molar refractivity (Wildman–Crippen MR) is 73.5 cm³/mol. The van der Waals surface area contributed by atoms with Gasteiger partial charge in [0.25, 0.3) is 0 Å². The van der Waals surface area contributed by atoms with Crippen molar-refractivity contribution >= 4 is 15.9 Å². The first-order valence-corrected chi connectivity index (χ1v) is 6.98. The number of halogens is 2. The second-order valence-electron chi connectivity index (χ2n) is 4.54. The van der Waals surface area contributed by atoms with E-state index in [-0.39, 0.29) is 5.82 Å². The van der Waals surface area contributed by atoms with Gasteiger partial charge in [-0.15, -0.1) is 0 Å². The van der Waals surface area contributed by atoms with Crippen LogP contribution in [-0.4, -0.2) is 43.7 Å². The lowest BCUT2D eigenvalue weighted by Crippen LogP contribution is -2.50. The van der Waals surface area contributed by atoms with Crippen LogP contribution in [-0.2, 0) is 0 Å². The van der Waals surface area contributed by atoms with Crippen LogP contribution in [0.4, 0.5) is 4.39 Å². The summed E-state index contributed by atoms with van der Waals surface area (Å²) in [5.74, 6) is 0.291. The van der Waals surface area contributed by atoms with Crippen molar-refractivity contribution < 1.29 is 9.13 Å². The molecule has 0 radical (unpaired) electrons. The zero-order valence-corrected chi connectivity index (χ0v) is 12.0. The summed E-state index contributed by atoms with van der Waals surface area (Å²) in [6.45, 7) is 6.74. The van der Waals surface area contributed by atoms with Crippen LogP contribution in [0.25, 0.3) is 0 Å². The maximum absolute atomic E-state index is 13.1. The minimum atomic E-state index is -0.282. The van der Waals surface area contributed by atoms with E-state index in [1.54, 1.807) is 6.07 Å². The van der Waals surface area contributed by atoms with E-state index in [0.29, 0.717) is 22.9 Å². The standard InChI is InChI=1S/C13H18BrFN2O/c1-10-9-16-2-3-17(10)4-5-18-13-7-11(14)6-12(15)8-13/h6-8,10,16H,2-5,9H2,1H3/t10-/m0/s1. The van der Waals surface area contributed by atoms with Gasteiger partial charge in [0.05, 0.1) is 0 Å². The van der Waals surface area contributed by atoms with Crippen molar-refractivity contribution in [2.75, 3.05) is 32.8 Å². The van der Waals surface area contributed by atoms with E-state index in [0.717, 1.165) is 26.2 Å². The topological polar surface area (TPSA) is 24.5 Å². The number of rotatable bonds is 4. The Morgan fingerprint density at radius 1 is 1.50 bits per heavy atom. The van der Waals surface area contributed by atoms with Crippen LogP contribution >= 0.6 is 15.9 Å². The van der Waals surface area contributed by atoms with Gasteiger partial charge in [-0.2, -0.15) is 0 Å². The lowest BCUT2D eigenvalue weighted by molar-refractivity contribution is 0.143. The molecule has 0 aromatic heterocycles. The molecule has 0 aliphatic carbocycles. The Bertz CT molecular complexity index is 382. The third-order valence-corrected chi connectivity index (χ3v) is 3.58. The van der Waals surface area contributed by atoms with E-state index in [1.807, 2.05) is 0 Å². The molecule has 1 N–H and O–H groups in total. The fraction of sp³-hybridized carbons (Fsp3) is 0.538. The average Bonchev–Trinajstić information content (AvgIpc) is 2.30. The number of piperazine rings is 1. The van der Waals surface area contributed by atoms with E-state index < -0.39 is 0 Å². The molecule has 0 saturated carbocycles. The van der Waals surface area contributed by atoms with E-state index in [2.05, 4.69) is 33.1 Å². The van der Waals surface area contributed by atoms with Crippen molar-refractivity contribution in [3.8, 4) is 5.75 Å². The first-order valence-electron chi connectivity index (χ1n) is 6.19. The van der Waals surface area contributed by atoms with E-state index in [4.69, 9.17) is 4.74 Å². The Labute approximate surface area is 115 Å². The highest BCUT2D eigenvalue weighted by Gasteiger charge is 2.17. The molecule has 0 unspecified atom stereocenters. The van der Waals surface area contributed by atoms with Crippen LogP contribution in [0, 0.1) is 5.82 Å². The summed E-state index contributed by atoms with van der Waals surface area (Å²) in [6.07, 6.45) is 0. The smallest absolute Gasteiger partial charge is 0.128 e. The summed E-state index contributed by atoms with van der Waals surface area (Å²) in [4.78, 5) is 2.38. The SMILES string of the molecule is C[C@H]1CNCCN1CCOc1cc(F)cc(Br)c1. The molecule has 1 aromatic rings. The van der Waals surface area contributed by atoms with Gasteiger partial charge in [0.1, 0.15) is 18.2 Å².